The topological polar surface area (TPSA) is 102 Å². The van der Waals surface area contributed by atoms with Crippen LogP contribution in [0.1, 0.15) is 48.9 Å². The highest BCUT2D eigenvalue weighted by Crippen LogP contribution is 2.44. The molecule has 1 fully saturated rings. The normalized spacial score (nSPS) is 17.0. The van der Waals surface area contributed by atoms with E-state index in [0.717, 1.165) is 12.8 Å². The third kappa shape index (κ3) is 5.08. The third-order valence-electron chi connectivity index (χ3n) is 5.62. The van der Waals surface area contributed by atoms with Gasteiger partial charge in [-0.3, -0.25) is 14.5 Å². The van der Waals surface area contributed by atoms with Gasteiger partial charge in [0, 0.05) is 10.6 Å². The van der Waals surface area contributed by atoms with Crippen molar-refractivity contribution in [2.45, 2.75) is 39.7 Å². The molecule has 1 aliphatic rings. The lowest BCUT2D eigenvalue weighted by Gasteiger charge is -2.23. The van der Waals surface area contributed by atoms with Crippen LogP contribution in [0.15, 0.2) is 48.0 Å². The zero-order chi connectivity index (χ0) is 25.8. The number of carbonyl (C=O) groups is 2. The molecule has 1 aromatic heterocycles. The highest BCUT2D eigenvalue weighted by Gasteiger charge is 2.48. The molecule has 1 saturated heterocycles. The molecule has 4 rings (SSSR count). The largest absolute Gasteiger partial charge is 0.507 e. The molecule has 1 atom stereocenters. The fourth-order valence-electron chi connectivity index (χ4n) is 3.90. The summed E-state index contributed by atoms with van der Waals surface area (Å²) in [7, 11) is 0. The summed E-state index contributed by atoms with van der Waals surface area (Å²) in [6, 6.07) is 10.7. The van der Waals surface area contributed by atoms with Crippen molar-refractivity contribution in [2.75, 3.05) is 18.1 Å². The number of aromatic nitrogens is 2. The number of rotatable bonds is 9. The molecule has 1 unspecified atom stereocenters. The maximum absolute atomic E-state index is 13.3. The first kappa shape index (κ1) is 25.7. The standard InChI is InChI=1S/C26H26ClN3O5S/c1-4-6-13-35-19-12-9-17(14-20(19)34-5-2)22-21(23(31)16-7-10-18(27)11-8-16)24(32)25(33)30(22)26-29-28-15(3)36-26/h7-12,14,22,31H,4-6,13H2,1-3H3/b23-21+. The van der Waals surface area contributed by atoms with Crippen molar-refractivity contribution >= 4 is 45.5 Å². The van der Waals surface area contributed by atoms with Crippen LogP contribution >= 0.6 is 22.9 Å². The summed E-state index contributed by atoms with van der Waals surface area (Å²) >= 11 is 7.18. The Labute approximate surface area is 218 Å². The van der Waals surface area contributed by atoms with Gasteiger partial charge < -0.3 is 14.6 Å². The molecule has 1 N–H and O–H groups in total. The van der Waals surface area contributed by atoms with Crippen molar-refractivity contribution in [1.82, 2.24) is 10.2 Å². The summed E-state index contributed by atoms with van der Waals surface area (Å²) in [5.74, 6) is -0.874. The highest BCUT2D eigenvalue weighted by atomic mass is 35.5. The van der Waals surface area contributed by atoms with E-state index in [-0.39, 0.29) is 16.5 Å². The molecule has 1 amide bonds. The van der Waals surface area contributed by atoms with E-state index in [1.165, 1.54) is 16.2 Å². The number of anilines is 1. The van der Waals surface area contributed by atoms with Gasteiger partial charge in [-0.2, -0.15) is 0 Å². The number of nitrogens with zero attached hydrogens (tertiary/aromatic N) is 3. The van der Waals surface area contributed by atoms with Crippen LogP contribution in [0.5, 0.6) is 11.5 Å². The van der Waals surface area contributed by atoms with E-state index < -0.39 is 17.7 Å². The number of hydrogen-bond acceptors (Lipinski definition) is 8. The molecule has 0 radical (unpaired) electrons. The van der Waals surface area contributed by atoms with Gasteiger partial charge in [-0.25, -0.2) is 0 Å². The van der Waals surface area contributed by atoms with Crippen LogP contribution in [0.4, 0.5) is 5.13 Å². The maximum Gasteiger partial charge on any atom is 0.301 e. The van der Waals surface area contributed by atoms with Crippen LogP contribution in [-0.4, -0.2) is 40.2 Å². The van der Waals surface area contributed by atoms with Crippen LogP contribution in [-0.2, 0) is 9.59 Å². The van der Waals surface area contributed by atoms with E-state index in [0.29, 0.717) is 45.9 Å². The molecule has 0 bridgehead atoms. The zero-order valence-electron chi connectivity index (χ0n) is 20.2. The Morgan fingerprint density at radius 3 is 2.47 bits per heavy atom. The smallest absolute Gasteiger partial charge is 0.301 e. The van der Waals surface area contributed by atoms with Crippen molar-refractivity contribution in [2.24, 2.45) is 0 Å². The average molecular weight is 528 g/mol. The molecule has 8 nitrogen and oxygen atoms in total. The number of aryl methyl sites for hydroxylation is 1. The van der Waals surface area contributed by atoms with Crippen molar-refractivity contribution < 1.29 is 24.2 Å². The maximum atomic E-state index is 13.3. The Balaban J connectivity index is 1.88. The van der Waals surface area contributed by atoms with Crippen LogP contribution in [0.3, 0.4) is 0 Å². The first-order valence-electron chi connectivity index (χ1n) is 11.6. The molecule has 0 saturated carbocycles. The number of Topliss-reactive ketones (excluding diaryl/α,β-unsaturated/α-hetero) is 1. The summed E-state index contributed by atoms with van der Waals surface area (Å²) in [4.78, 5) is 27.8. The first-order chi connectivity index (χ1) is 17.3. The molecule has 3 aromatic rings. The molecular formula is C26H26ClN3O5S. The second-order valence-corrected chi connectivity index (χ2v) is 9.72. The fraction of sp³-hybridized carbons (Fsp3) is 0.308. The van der Waals surface area contributed by atoms with E-state index in [9.17, 15) is 14.7 Å². The zero-order valence-corrected chi connectivity index (χ0v) is 21.7. The number of aliphatic hydroxyl groups is 1. The Morgan fingerprint density at radius 1 is 1.08 bits per heavy atom. The average Bonchev–Trinajstić information content (AvgIpc) is 3.40. The Bertz CT molecular complexity index is 1310. The second kappa shape index (κ2) is 11.1. The Hall–Kier alpha value is -3.43. The third-order valence-corrected chi connectivity index (χ3v) is 6.71. The Kier molecular flexibility index (Phi) is 7.91. The predicted molar refractivity (Wildman–Crippen MR) is 139 cm³/mol. The van der Waals surface area contributed by atoms with E-state index in [1.807, 2.05) is 6.92 Å². The van der Waals surface area contributed by atoms with Gasteiger partial charge in [-0.15, -0.1) is 10.2 Å². The van der Waals surface area contributed by atoms with Gasteiger partial charge in [0.05, 0.1) is 24.8 Å². The van der Waals surface area contributed by atoms with Crippen LogP contribution in [0, 0.1) is 6.92 Å². The summed E-state index contributed by atoms with van der Waals surface area (Å²) in [5.41, 5.74) is 0.863. The molecule has 10 heteroatoms. The minimum Gasteiger partial charge on any atom is -0.507 e. The molecule has 36 heavy (non-hydrogen) atoms. The van der Waals surface area contributed by atoms with Gasteiger partial charge >= 0.3 is 5.91 Å². The number of carbonyl (C=O) groups excluding carboxylic acids is 2. The summed E-state index contributed by atoms with van der Waals surface area (Å²) in [6.45, 7) is 6.63. The highest BCUT2D eigenvalue weighted by molar-refractivity contribution is 7.15. The van der Waals surface area contributed by atoms with Gasteiger partial charge in [0.2, 0.25) is 5.13 Å². The quantitative estimate of drug-likeness (QED) is 0.165. The number of halogens is 1. The molecule has 2 aromatic carbocycles. The molecular weight excluding hydrogens is 502 g/mol. The number of amides is 1. The minimum absolute atomic E-state index is 0.0581. The van der Waals surface area contributed by atoms with Gasteiger partial charge in [-0.1, -0.05) is 42.3 Å². The number of ketones is 1. The van der Waals surface area contributed by atoms with E-state index >= 15 is 0 Å². The number of aliphatic hydroxyl groups excluding tert-OH is 1. The lowest BCUT2D eigenvalue weighted by atomic mass is 9.95. The molecule has 2 heterocycles. The molecule has 0 spiro atoms. The lowest BCUT2D eigenvalue weighted by molar-refractivity contribution is -0.132. The van der Waals surface area contributed by atoms with Crippen LogP contribution in [0.25, 0.3) is 5.76 Å². The SMILES string of the molecule is CCCCOc1ccc(C2/C(=C(\O)c3ccc(Cl)cc3)C(=O)C(=O)N2c2nnc(C)s2)cc1OCC. The number of ether oxygens (including phenoxy) is 2. The minimum atomic E-state index is -0.947. The number of benzene rings is 2. The lowest BCUT2D eigenvalue weighted by Crippen LogP contribution is -2.29. The van der Waals surface area contributed by atoms with E-state index in [4.69, 9.17) is 21.1 Å². The van der Waals surface area contributed by atoms with Crippen molar-refractivity contribution in [1.29, 1.82) is 0 Å². The number of hydrogen-bond donors (Lipinski definition) is 1. The Morgan fingerprint density at radius 2 is 1.83 bits per heavy atom. The van der Waals surface area contributed by atoms with Crippen LogP contribution in [0.2, 0.25) is 5.02 Å². The predicted octanol–water partition coefficient (Wildman–Crippen LogP) is 5.70. The van der Waals surface area contributed by atoms with Gasteiger partial charge in [-0.05, 0) is 62.2 Å². The monoisotopic (exact) mass is 527 g/mol. The van der Waals surface area contributed by atoms with Crippen LogP contribution < -0.4 is 14.4 Å². The first-order valence-corrected chi connectivity index (χ1v) is 12.8. The van der Waals surface area contributed by atoms with Crippen molar-refractivity contribution in [3.05, 3.63) is 69.2 Å². The van der Waals surface area contributed by atoms with E-state index in [1.54, 1.807) is 49.4 Å². The van der Waals surface area contributed by atoms with Gasteiger partial charge in [0.25, 0.3) is 5.78 Å². The summed E-state index contributed by atoms with van der Waals surface area (Å²) < 4.78 is 11.7. The second-order valence-electron chi connectivity index (χ2n) is 8.12. The van der Waals surface area contributed by atoms with Gasteiger partial charge in [0.1, 0.15) is 10.8 Å². The summed E-state index contributed by atoms with van der Waals surface area (Å²) in [5, 5.41) is 20.7. The fourth-order valence-corrected chi connectivity index (χ4v) is 4.74. The van der Waals surface area contributed by atoms with Crippen molar-refractivity contribution in [3.8, 4) is 11.5 Å². The van der Waals surface area contributed by atoms with Gasteiger partial charge in [0.15, 0.2) is 11.5 Å². The molecule has 1 aliphatic heterocycles. The summed E-state index contributed by atoms with van der Waals surface area (Å²) in [6.07, 6.45) is 1.88. The number of unbranched alkanes of at least 4 members (excludes halogenated alkanes) is 1. The molecule has 0 aliphatic carbocycles. The van der Waals surface area contributed by atoms with Crippen molar-refractivity contribution in [3.63, 3.8) is 0 Å². The molecule has 188 valence electrons. The van der Waals surface area contributed by atoms with E-state index in [2.05, 4.69) is 17.1 Å².